The molecule has 2 rings (SSSR count). The van der Waals surface area contributed by atoms with E-state index < -0.39 is 0 Å². The SMILES string of the molecule is CCNCC1(c2ccc(OCC(C)C)cc2)CC1CC. The number of ether oxygens (including phenoxy) is 1. The molecule has 1 N–H and O–H groups in total. The van der Waals surface area contributed by atoms with E-state index in [9.17, 15) is 0 Å². The molecule has 0 radical (unpaired) electrons. The summed E-state index contributed by atoms with van der Waals surface area (Å²) in [6.07, 6.45) is 2.60. The molecular weight excluding hydrogens is 246 g/mol. The summed E-state index contributed by atoms with van der Waals surface area (Å²) >= 11 is 0. The molecule has 1 aliphatic rings. The van der Waals surface area contributed by atoms with Gasteiger partial charge in [0.2, 0.25) is 0 Å². The number of rotatable bonds is 8. The molecule has 0 saturated heterocycles. The summed E-state index contributed by atoms with van der Waals surface area (Å²) in [5, 5.41) is 3.54. The summed E-state index contributed by atoms with van der Waals surface area (Å²) in [5.41, 5.74) is 1.85. The second kappa shape index (κ2) is 6.62. The van der Waals surface area contributed by atoms with Crippen molar-refractivity contribution in [3.8, 4) is 5.75 Å². The zero-order valence-electron chi connectivity index (χ0n) is 13.4. The first-order valence-electron chi connectivity index (χ1n) is 8.06. The third kappa shape index (κ3) is 3.35. The fourth-order valence-electron chi connectivity index (χ4n) is 3.08. The van der Waals surface area contributed by atoms with Crippen molar-refractivity contribution in [1.82, 2.24) is 5.32 Å². The maximum absolute atomic E-state index is 5.77. The highest BCUT2D eigenvalue weighted by molar-refractivity contribution is 5.38. The van der Waals surface area contributed by atoms with E-state index in [0.717, 1.165) is 31.4 Å². The van der Waals surface area contributed by atoms with Crippen LogP contribution < -0.4 is 10.1 Å². The minimum Gasteiger partial charge on any atom is -0.493 e. The van der Waals surface area contributed by atoms with Crippen LogP contribution in [0.1, 0.15) is 46.1 Å². The lowest BCUT2D eigenvalue weighted by molar-refractivity contribution is 0.271. The van der Waals surface area contributed by atoms with Crippen molar-refractivity contribution in [3.63, 3.8) is 0 Å². The lowest BCUT2D eigenvalue weighted by Crippen LogP contribution is -2.28. The Morgan fingerprint density at radius 3 is 2.45 bits per heavy atom. The van der Waals surface area contributed by atoms with Gasteiger partial charge in [-0.15, -0.1) is 0 Å². The van der Waals surface area contributed by atoms with Gasteiger partial charge in [0.1, 0.15) is 5.75 Å². The Balaban J connectivity index is 2.04. The highest BCUT2D eigenvalue weighted by Crippen LogP contribution is 2.55. The summed E-state index contributed by atoms with van der Waals surface area (Å²) in [6.45, 7) is 11.8. The smallest absolute Gasteiger partial charge is 0.119 e. The predicted octanol–water partition coefficient (Wildman–Crippen LogP) is 4.00. The van der Waals surface area contributed by atoms with Crippen LogP contribution in [0, 0.1) is 11.8 Å². The monoisotopic (exact) mass is 275 g/mol. The van der Waals surface area contributed by atoms with E-state index in [-0.39, 0.29) is 0 Å². The largest absolute Gasteiger partial charge is 0.493 e. The molecule has 0 heterocycles. The van der Waals surface area contributed by atoms with Gasteiger partial charge in [-0.05, 0) is 42.5 Å². The molecule has 2 heteroatoms. The average Bonchev–Trinajstić information content (AvgIpc) is 3.18. The van der Waals surface area contributed by atoms with Gasteiger partial charge in [0.25, 0.3) is 0 Å². The third-order valence-electron chi connectivity index (χ3n) is 4.43. The average molecular weight is 275 g/mol. The van der Waals surface area contributed by atoms with E-state index in [2.05, 4.69) is 57.3 Å². The highest BCUT2D eigenvalue weighted by Gasteiger charge is 2.53. The van der Waals surface area contributed by atoms with E-state index in [1.54, 1.807) is 0 Å². The Morgan fingerprint density at radius 2 is 1.95 bits per heavy atom. The summed E-state index contributed by atoms with van der Waals surface area (Å²) in [6, 6.07) is 8.80. The lowest BCUT2D eigenvalue weighted by Gasteiger charge is -2.19. The molecule has 1 aromatic carbocycles. The molecular formula is C18H29NO. The summed E-state index contributed by atoms with van der Waals surface area (Å²) < 4.78 is 5.77. The molecule has 112 valence electrons. The van der Waals surface area contributed by atoms with Gasteiger partial charge in [-0.3, -0.25) is 0 Å². The van der Waals surface area contributed by atoms with E-state index in [0.29, 0.717) is 11.3 Å². The van der Waals surface area contributed by atoms with Gasteiger partial charge in [0.15, 0.2) is 0 Å². The minimum atomic E-state index is 0.376. The van der Waals surface area contributed by atoms with Gasteiger partial charge in [0.05, 0.1) is 6.61 Å². The second-order valence-corrected chi connectivity index (χ2v) is 6.47. The van der Waals surface area contributed by atoms with Crippen LogP contribution in [-0.2, 0) is 5.41 Å². The normalized spacial score (nSPS) is 24.9. The molecule has 1 aromatic rings. The van der Waals surface area contributed by atoms with Gasteiger partial charge < -0.3 is 10.1 Å². The zero-order valence-corrected chi connectivity index (χ0v) is 13.4. The Kier molecular flexibility index (Phi) is 5.09. The fourth-order valence-corrected chi connectivity index (χ4v) is 3.08. The fraction of sp³-hybridized carbons (Fsp3) is 0.667. The second-order valence-electron chi connectivity index (χ2n) is 6.47. The number of nitrogens with one attached hydrogen (secondary N) is 1. The van der Waals surface area contributed by atoms with Crippen LogP contribution in [0.25, 0.3) is 0 Å². The number of hydrogen-bond acceptors (Lipinski definition) is 2. The van der Waals surface area contributed by atoms with Crippen LogP contribution >= 0.6 is 0 Å². The van der Waals surface area contributed by atoms with Gasteiger partial charge in [-0.1, -0.05) is 46.2 Å². The van der Waals surface area contributed by atoms with Crippen LogP contribution in [0.2, 0.25) is 0 Å². The van der Waals surface area contributed by atoms with E-state index >= 15 is 0 Å². The van der Waals surface area contributed by atoms with Gasteiger partial charge in [-0.25, -0.2) is 0 Å². The number of hydrogen-bond donors (Lipinski definition) is 1. The standard InChI is InChI=1S/C18H29NO/c1-5-15-11-18(15,13-19-6-2)16-7-9-17(10-8-16)20-12-14(3)4/h7-10,14-15,19H,5-6,11-13H2,1-4H3. The first kappa shape index (κ1) is 15.4. The molecule has 1 aliphatic carbocycles. The Morgan fingerprint density at radius 1 is 1.25 bits per heavy atom. The van der Waals surface area contributed by atoms with E-state index in [4.69, 9.17) is 4.74 Å². The van der Waals surface area contributed by atoms with Gasteiger partial charge in [-0.2, -0.15) is 0 Å². The molecule has 1 fully saturated rings. The van der Waals surface area contributed by atoms with Crippen molar-refractivity contribution in [3.05, 3.63) is 29.8 Å². The summed E-state index contributed by atoms with van der Waals surface area (Å²) in [4.78, 5) is 0. The molecule has 2 atom stereocenters. The number of benzene rings is 1. The minimum absolute atomic E-state index is 0.376. The van der Waals surface area contributed by atoms with Crippen LogP contribution in [-0.4, -0.2) is 19.7 Å². The van der Waals surface area contributed by atoms with Gasteiger partial charge >= 0.3 is 0 Å². The highest BCUT2D eigenvalue weighted by atomic mass is 16.5. The van der Waals surface area contributed by atoms with Crippen molar-refractivity contribution >= 4 is 0 Å². The molecule has 2 unspecified atom stereocenters. The Labute approximate surface area is 123 Å². The first-order valence-corrected chi connectivity index (χ1v) is 8.06. The van der Waals surface area contributed by atoms with Crippen molar-refractivity contribution in [1.29, 1.82) is 0 Å². The van der Waals surface area contributed by atoms with Crippen molar-refractivity contribution < 1.29 is 4.74 Å². The summed E-state index contributed by atoms with van der Waals surface area (Å²) in [7, 11) is 0. The van der Waals surface area contributed by atoms with Crippen molar-refractivity contribution in [2.45, 2.75) is 46.0 Å². The van der Waals surface area contributed by atoms with E-state index in [1.165, 1.54) is 18.4 Å². The lowest BCUT2D eigenvalue weighted by atomic mass is 9.92. The van der Waals surface area contributed by atoms with Crippen LogP contribution in [0.5, 0.6) is 5.75 Å². The van der Waals surface area contributed by atoms with E-state index in [1.807, 2.05) is 0 Å². The topological polar surface area (TPSA) is 21.3 Å². The maximum Gasteiger partial charge on any atom is 0.119 e. The summed E-state index contributed by atoms with van der Waals surface area (Å²) in [5.74, 6) is 2.40. The predicted molar refractivity (Wildman–Crippen MR) is 85.4 cm³/mol. The van der Waals surface area contributed by atoms with Crippen molar-refractivity contribution in [2.24, 2.45) is 11.8 Å². The molecule has 0 spiro atoms. The quantitative estimate of drug-likeness (QED) is 0.774. The Hall–Kier alpha value is -1.02. The molecule has 20 heavy (non-hydrogen) atoms. The van der Waals surface area contributed by atoms with Crippen LogP contribution in [0.3, 0.4) is 0 Å². The number of likely N-dealkylation sites (N-methyl/N-ethyl adjacent to an activating group) is 1. The van der Waals surface area contributed by atoms with Gasteiger partial charge in [0, 0.05) is 12.0 Å². The molecule has 0 aromatic heterocycles. The molecule has 0 bridgehead atoms. The molecule has 1 saturated carbocycles. The zero-order chi connectivity index (χ0) is 14.6. The van der Waals surface area contributed by atoms with Crippen LogP contribution in [0.15, 0.2) is 24.3 Å². The molecule has 0 amide bonds. The molecule has 0 aliphatic heterocycles. The first-order chi connectivity index (χ1) is 9.62. The Bertz CT molecular complexity index is 412. The van der Waals surface area contributed by atoms with Crippen molar-refractivity contribution in [2.75, 3.05) is 19.7 Å². The van der Waals surface area contributed by atoms with Crippen LogP contribution in [0.4, 0.5) is 0 Å². The maximum atomic E-state index is 5.77. The molecule has 2 nitrogen and oxygen atoms in total. The third-order valence-corrected chi connectivity index (χ3v) is 4.43.